The van der Waals surface area contributed by atoms with Gasteiger partial charge in [0, 0.05) is 22.1 Å². The van der Waals surface area contributed by atoms with Crippen LogP contribution in [0.3, 0.4) is 0 Å². The van der Waals surface area contributed by atoms with Crippen molar-refractivity contribution in [3.05, 3.63) is 0 Å². The molecule has 0 bridgehead atoms. The Balaban J connectivity index is 4.99. The molecule has 0 aromatic carbocycles. The summed E-state index contributed by atoms with van der Waals surface area (Å²) in [5.41, 5.74) is 4.68. The first-order valence-corrected chi connectivity index (χ1v) is 5.70. The number of rotatable bonds is 1. The zero-order valence-electron chi connectivity index (χ0n) is 11.9. The van der Waals surface area contributed by atoms with E-state index < -0.39 is 0 Å². The largest absolute Gasteiger partial charge is 0.305 e. The average Bonchev–Trinajstić information content (AvgIpc) is 1.75. The van der Waals surface area contributed by atoms with E-state index in [1.165, 1.54) is 5.71 Å². The standard InChI is InChI=1S/C13H28N2/c1-11(2,3)10(12(4,5)6)14-15-13(7,8)9/h15H,1-9H3. The van der Waals surface area contributed by atoms with Gasteiger partial charge in [-0.05, 0) is 20.8 Å². The fourth-order valence-electron chi connectivity index (χ4n) is 1.68. The van der Waals surface area contributed by atoms with Crippen molar-refractivity contribution in [2.24, 2.45) is 15.9 Å². The van der Waals surface area contributed by atoms with Gasteiger partial charge in [-0.15, -0.1) is 0 Å². The highest BCUT2D eigenvalue weighted by molar-refractivity contribution is 5.93. The van der Waals surface area contributed by atoms with Gasteiger partial charge < -0.3 is 5.43 Å². The van der Waals surface area contributed by atoms with Crippen molar-refractivity contribution in [1.29, 1.82) is 0 Å². The molecule has 0 aliphatic carbocycles. The molecule has 0 aromatic heterocycles. The second-order valence-electron chi connectivity index (χ2n) is 7.32. The summed E-state index contributed by atoms with van der Waals surface area (Å²) >= 11 is 0. The van der Waals surface area contributed by atoms with Crippen molar-refractivity contribution in [2.45, 2.75) is 67.9 Å². The van der Waals surface area contributed by atoms with Crippen LogP contribution in [0.5, 0.6) is 0 Å². The molecule has 0 rings (SSSR count). The van der Waals surface area contributed by atoms with E-state index >= 15 is 0 Å². The van der Waals surface area contributed by atoms with Crippen LogP contribution in [0.4, 0.5) is 0 Å². The van der Waals surface area contributed by atoms with Gasteiger partial charge in [-0.1, -0.05) is 41.5 Å². The molecule has 0 fully saturated rings. The molecular formula is C13H28N2. The Bertz CT molecular complexity index is 215. The van der Waals surface area contributed by atoms with Crippen LogP contribution in [0.25, 0.3) is 0 Å². The van der Waals surface area contributed by atoms with Gasteiger partial charge in [-0.2, -0.15) is 5.10 Å². The highest BCUT2D eigenvalue weighted by Gasteiger charge is 2.30. The first kappa shape index (κ1) is 14.5. The number of hydrogen-bond acceptors (Lipinski definition) is 2. The predicted octanol–water partition coefficient (Wildman–Crippen LogP) is 3.82. The highest BCUT2D eigenvalue weighted by Crippen LogP contribution is 2.29. The number of hydrogen-bond donors (Lipinski definition) is 1. The van der Waals surface area contributed by atoms with Gasteiger partial charge in [0.15, 0.2) is 0 Å². The lowest BCUT2D eigenvalue weighted by Gasteiger charge is -2.33. The average molecular weight is 212 g/mol. The summed E-state index contributed by atoms with van der Waals surface area (Å²) in [5.74, 6) is 0. The molecule has 0 atom stereocenters. The first-order chi connectivity index (χ1) is 6.34. The van der Waals surface area contributed by atoms with Crippen LogP contribution >= 0.6 is 0 Å². The second kappa shape index (κ2) is 4.15. The van der Waals surface area contributed by atoms with E-state index in [1.54, 1.807) is 0 Å². The fourth-order valence-corrected chi connectivity index (χ4v) is 1.68. The SMILES string of the molecule is CC(C)(C)NN=C(C(C)(C)C)C(C)(C)C. The molecule has 0 saturated heterocycles. The Hall–Kier alpha value is -0.530. The summed E-state index contributed by atoms with van der Waals surface area (Å²) in [6.07, 6.45) is 0. The van der Waals surface area contributed by atoms with Gasteiger partial charge in [0.1, 0.15) is 0 Å². The van der Waals surface area contributed by atoms with Crippen molar-refractivity contribution in [1.82, 2.24) is 5.43 Å². The third-order valence-corrected chi connectivity index (χ3v) is 1.92. The molecule has 90 valence electrons. The van der Waals surface area contributed by atoms with Crippen molar-refractivity contribution in [3.63, 3.8) is 0 Å². The zero-order valence-corrected chi connectivity index (χ0v) is 11.9. The molecule has 0 aromatic rings. The minimum absolute atomic E-state index is 0.0295. The molecule has 0 saturated carbocycles. The van der Waals surface area contributed by atoms with Crippen molar-refractivity contribution >= 4 is 5.71 Å². The summed E-state index contributed by atoms with van der Waals surface area (Å²) in [4.78, 5) is 0. The van der Waals surface area contributed by atoms with E-state index in [2.05, 4.69) is 72.8 Å². The summed E-state index contributed by atoms with van der Waals surface area (Å²) in [6.45, 7) is 19.6. The Morgan fingerprint density at radius 2 is 1.07 bits per heavy atom. The summed E-state index contributed by atoms with van der Waals surface area (Å²) < 4.78 is 0. The van der Waals surface area contributed by atoms with E-state index in [-0.39, 0.29) is 16.4 Å². The van der Waals surface area contributed by atoms with Crippen LogP contribution in [0.15, 0.2) is 5.10 Å². The van der Waals surface area contributed by atoms with Crippen LogP contribution in [0.1, 0.15) is 62.3 Å². The maximum absolute atomic E-state index is 4.60. The molecule has 15 heavy (non-hydrogen) atoms. The third kappa shape index (κ3) is 5.81. The molecule has 0 heterocycles. The Morgan fingerprint density at radius 3 is 1.27 bits per heavy atom. The topological polar surface area (TPSA) is 24.4 Å². The maximum Gasteiger partial charge on any atom is 0.0485 e. The number of hydrazone groups is 1. The van der Waals surface area contributed by atoms with Gasteiger partial charge >= 0.3 is 0 Å². The second-order valence-corrected chi connectivity index (χ2v) is 7.32. The van der Waals surface area contributed by atoms with Crippen LogP contribution in [0, 0.1) is 10.8 Å². The van der Waals surface area contributed by atoms with Crippen LogP contribution in [0.2, 0.25) is 0 Å². The molecule has 2 nitrogen and oxygen atoms in total. The maximum atomic E-state index is 4.60. The quantitative estimate of drug-likeness (QED) is 0.518. The summed E-state index contributed by atoms with van der Waals surface area (Å²) in [5, 5.41) is 4.60. The van der Waals surface area contributed by atoms with Gasteiger partial charge in [-0.25, -0.2) is 0 Å². The predicted molar refractivity (Wildman–Crippen MR) is 69.2 cm³/mol. The fraction of sp³-hybridized carbons (Fsp3) is 0.923. The molecule has 1 N–H and O–H groups in total. The zero-order chi connectivity index (χ0) is 12.5. The lowest BCUT2D eigenvalue weighted by molar-refractivity contribution is 0.414. The van der Waals surface area contributed by atoms with E-state index in [4.69, 9.17) is 0 Å². The lowest BCUT2D eigenvalue weighted by atomic mass is 9.75. The minimum atomic E-state index is 0.0295. The smallest absolute Gasteiger partial charge is 0.0485 e. The molecule has 0 radical (unpaired) electrons. The van der Waals surface area contributed by atoms with Gasteiger partial charge in [0.2, 0.25) is 0 Å². The minimum Gasteiger partial charge on any atom is -0.305 e. The van der Waals surface area contributed by atoms with E-state index in [0.29, 0.717) is 0 Å². The Kier molecular flexibility index (Phi) is 4.00. The Labute approximate surface area is 95.5 Å². The molecule has 0 amide bonds. The van der Waals surface area contributed by atoms with Crippen LogP contribution in [-0.2, 0) is 0 Å². The molecule has 0 spiro atoms. The van der Waals surface area contributed by atoms with Gasteiger partial charge in [0.05, 0.1) is 0 Å². The van der Waals surface area contributed by atoms with E-state index in [1.807, 2.05) is 0 Å². The summed E-state index contributed by atoms with van der Waals surface area (Å²) in [6, 6.07) is 0. The molecule has 0 aliphatic rings. The van der Waals surface area contributed by atoms with Gasteiger partial charge in [0.25, 0.3) is 0 Å². The number of nitrogens with one attached hydrogen (secondary N) is 1. The van der Waals surface area contributed by atoms with E-state index in [9.17, 15) is 0 Å². The molecular weight excluding hydrogens is 184 g/mol. The van der Waals surface area contributed by atoms with Crippen molar-refractivity contribution < 1.29 is 0 Å². The van der Waals surface area contributed by atoms with Gasteiger partial charge in [-0.3, -0.25) is 0 Å². The normalized spacial score (nSPS) is 13.7. The van der Waals surface area contributed by atoms with Crippen molar-refractivity contribution in [3.8, 4) is 0 Å². The number of nitrogens with zero attached hydrogens (tertiary/aromatic N) is 1. The molecule has 0 unspecified atom stereocenters. The van der Waals surface area contributed by atoms with E-state index in [0.717, 1.165) is 0 Å². The molecule has 2 heteroatoms. The lowest BCUT2D eigenvalue weighted by Crippen LogP contribution is -2.39. The molecule has 0 aliphatic heterocycles. The third-order valence-electron chi connectivity index (χ3n) is 1.92. The van der Waals surface area contributed by atoms with Crippen LogP contribution in [-0.4, -0.2) is 11.3 Å². The Morgan fingerprint density at radius 1 is 0.733 bits per heavy atom. The highest BCUT2D eigenvalue weighted by atomic mass is 15.3. The monoisotopic (exact) mass is 212 g/mol. The van der Waals surface area contributed by atoms with Crippen LogP contribution < -0.4 is 5.43 Å². The first-order valence-electron chi connectivity index (χ1n) is 5.70. The van der Waals surface area contributed by atoms with Crippen molar-refractivity contribution in [2.75, 3.05) is 0 Å². The summed E-state index contributed by atoms with van der Waals surface area (Å²) in [7, 11) is 0.